The van der Waals surface area contributed by atoms with E-state index in [9.17, 15) is 14.4 Å². The lowest BCUT2D eigenvalue weighted by atomic mass is 10.2. The van der Waals surface area contributed by atoms with E-state index in [0.717, 1.165) is 11.8 Å². The molecule has 120 valence electrons. The van der Waals surface area contributed by atoms with Gasteiger partial charge in [0.1, 0.15) is 6.29 Å². The highest BCUT2D eigenvalue weighted by Crippen LogP contribution is 1.99. The van der Waals surface area contributed by atoms with E-state index >= 15 is 0 Å². The molecule has 1 aromatic rings. The van der Waals surface area contributed by atoms with Crippen LogP contribution in [0.3, 0.4) is 0 Å². The van der Waals surface area contributed by atoms with Crippen LogP contribution >= 0.6 is 0 Å². The molecule has 0 atom stereocenters. The van der Waals surface area contributed by atoms with Crippen LogP contribution in [0.1, 0.15) is 31.2 Å². The maximum absolute atomic E-state index is 10.6. The van der Waals surface area contributed by atoms with E-state index in [1.165, 1.54) is 6.08 Å². The second-order valence-corrected chi connectivity index (χ2v) is 4.25. The molecule has 0 saturated heterocycles. The highest BCUT2D eigenvalue weighted by Gasteiger charge is 2.00. The van der Waals surface area contributed by atoms with Crippen LogP contribution in [0.4, 0.5) is 0 Å². The van der Waals surface area contributed by atoms with Gasteiger partial charge in [-0.05, 0) is 24.5 Å². The first-order chi connectivity index (χ1) is 10.6. The average Bonchev–Trinajstić information content (AvgIpc) is 2.57. The summed E-state index contributed by atoms with van der Waals surface area (Å²) in [7, 11) is 0. The van der Waals surface area contributed by atoms with E-state index in [1.807, 2.05) is 41.2 Å². The van der Waals surface area contributed by atoms with E-state index in [1.54, 1.807) is 6.08 Å². The minimum atomic E-state index is -0.219. The van der Waals surface area contributed by atoms with Gasteiger partial charge >= 0.3 is 0 Å². The molecule has 0 fully saturated rings. The van der Waals surface area contributed by atoms with Crippen molar-refractivity contribution >= 4 is 24.2 Å². The van der Waals surface area contributed by atoms with Crippen molar-refractivity contribution in [3.8, 4) is 0 Å². The fraction of sp³-hybridized carbons (Fsp3) is 0.267. The fourth-order valence-corrected chi connectivity index (χ4v) is 1.43. The van der Waals surface area contributed by atoms with Crippen LogP contribution in [0.2, 0.25) is 0 Å². The molecule has 0 spiro atoms. The van der Waals surface area contributed by atoms with E-state index in [0.29, 0.717) is 25.7 Å². The molecule has 22 heavy (non-hydrogen) atoms. The first-order valence-corrected chi connectivity index (χ1v) is 6.79. The Morgan fingerprint density at radius 2 is 1.45 bits per heavy atom. The maximum atomic E-state index is 10.6. The van der Waals surface area contributed by atoms with Gasteiger partial charge in [0.25, 0.3) is 0 Å². The second kappa shape index (κ2) is 13.5. The molecule has 1 aromatic carbocycles. The smallest absolute Gasteiger partial charge is 0.233 e. The zero-order chi connectivity index (χ0) is 16.6. The molecule has 2 amide bonds. The predicted molar refractivity (Wildman–Crippen MR) is 84.7 cm³/mol. The van der Waals surface area contributed by atoms with Gasteiger partial charge in [-0.15, -0.1) is 0 Å². The van der Waals surface area contributed by atoms with Crippen LogP contribution < -0.4 is 22.5 Å². The number of benzene rings is 1. The Morgan fingerprint density at radius 3 is 1.86 bits per heavy atom. The third-order valence-electron chi connectivity index (χ3n) is 2.55. The topological polar surface area (TPSA) is 127 Å². The lowest BCUT2D eigenvalue weighted by Crippen LogP contribution is -2.30. The quantitative estimate of drug-likeness (QED) is 0.145. The lowest BCUT2D eigenvalue weighted by Gasteiger charge is -1.99. The summed E-state index contributed by atoms with van der Waals surface area (Å²) in [6, 6.07) is 9.70. The Labute approximate surface area is 129 Å². The van der Waals surface area contributed by atoms with Crippen molar-refractivity contribution in [2.24, 2.45) is 11.7 Å². The van der Waals surface area contributed by atoms with Crippen LogP contribution in [0, 0.1) is 0 Å². The Kier molecular flexibility index (Phi) is 11.9. The summed E-state index contributed by atoms with van der Waals surface area (Å²) in [5, 5.41) is 0. The van der Waals surface area contributed by atoms with Gasteiger partial charge in [0, 0.05) is 12.8 Å². The first kappa shape index (κ1) is 19.5. The van der Waals surface area contributed by atoms with Gasteiger partial charge in [0.15, 0.2) is 0 Å². The molecule has 0 unspecified atom stereocenters. The SMILES string of the molecule is NNC(=O)CCCCC(=O)NN.O=C/C=C/c1ccccc1. The standard InChI is InChI=1S/C9H8O.C6H14N4O2/c10-8-4-7-9-5-2-1-3-6-9;7-9-5(11)3-1-2-4-6(12)10-8/h1-8H;1-4,7-8H2,(H,9,11)(H,10,12)/b7-4+;. The molecule has 0 aliphatic heterocycles. The van der Waals surface area contributed by atoms with Gasteiger partial charge < -0.3 is 0 Å². The first-order valence-electron chi connectivity index (χ1n) is 6.79. The van der Waals surface area contributed by atoms with Gasteiger partial charge in [-0.1, -0.05) is 36.4 Å². The van der Waals surface area contributed by atoms with Crippen molar-refractivity contribution in [3.05, 3.63) is 42.0 Å². The van der Waals surface area contributed by atoms with Crippen molar-refractivity contribution in [2.75, 3.05) is 0 Å². The average molecular weight is 306 g/mol. The molecule has 0 radical (unpaired) electrons. The minimum Gasteiger partial charge on any atom is -0.299 e. The summed E-state index contributed by atoms with van der Waals surface area (Å²) < 4.78 is 0. The minimum absolute atomic E-state index is 0.219. The highest BCUT2D eigenvalue weighted by atomic mass is 16.2. The summed E-state index contributed by atoms with van der Waals surface area (Å²) in [5.41, 5.74) is 5.06. The molecule has 0 aliphatic carbocycles. The Balaban J connectivity index is 0.000000406. The van der Waals surface area contributed by atoms with Crippen molar-refractivity contribution in [2.45, 2.75) is 25.7 Å². The number of hydrogen-bond acceptors (Lipinski definition) is 5. The molecule has 6 N–H and O–H groups in total. The number of amides is 2. The van der Waals surface area contributed by atoms with Crippen LogP contribution in [-0.2, 0) is 14.4 Å². The number of carbonyl (C=O) groups excluding carboxylic acids is 3. The molecular weight excluding hydrogens is 284 g/mol. The number of aldehydes is 1. The number of nitrogens with two attached hydrogens (primary N) is 2. The number of nitrogens with one attached hydrogen (secondary N) is 2. The summed E-state index contributed by atoms with van der Waals surface area (Å²) >= 11 is 0. The van der Waals surface area contributed by atoms with Gasteiger partial charge in [0.05, 0.1) is 0 Å². The Bertz CT molecular complexity index is 457. The van der Waals surface area contributed by atoms with Gasteiger partial charge in [-0.25, -0.2) is 11.7 Å². The van der Waals surface area contributed by atoms with E-state index < -0.39 is 0 Å². The summed E-state index contributed by atoms with van der Waals surface area (Å²) in [6.45, 7) is 0. The van der Waals surface area contributed by atoms with Crippen LogP contribution in [0.15, 0.2) is 36.4 Å². The number of unbranched alkanes of at least 4 members (excludes halogenated alkanes) is 1. The van der Waals surface area contributed by atoms with Crippen molar-refractivity contribution in [1.29, 1.82) is 0 Å². The number of carbonyl (C=O) groups is 3. The Morgan fingerprint density at radius 1 is 0.955 bits per heavy atom. The molecule has 0 bridgehead atoms. The summed E-state index contributed by atoms with van der Waals surface area (Å²) in [5.74, 6) is 9.24. The number of hydrogen-bond donors (Lipinski definition) is 4. The van der Waals surface area contributed by atoms with Crippen LogP contribution in [-0.4, -0.2) is 18.1 Å². The number of rotatable bonds is 7. The third-order valence-corrected chi connectivity index (χ3v) is 2.55. The molecule has 7 heteroatoms. The molecule has 0 aromatic heterocycles. The molecule has 0 heterocycles. The predicted octanol–water partition coefficient (Wildman–Crippen LogP) is 0.425. The zero-order valence-electron chi connectivity index (χ0n) is 12.3. The molecule has 0 aliphatic rings. The van der Waals surface area contributed by atoms with Crippen molar-refractivity contribution < 1.29 is 14.4 Å². The number of hydrazine groups is 2. The van der Waals surface area contributed by atoms with Crippen molar-refractivity contribution in [3.63, 3.8) is 0 Å². The van der Waals surface area contributed by atoms with Gasteiger partial charge in [-0.2, -0.15) is 0 Å². The van der Waals surface area contributed by atoms with Gasteiger partial charge in [0.2, 0.25) is 11.8 Å². The second-order valence-electron chi connectivity index (χ2n) is 4.25. The summed E-state index contributed by atoms with van der Waals surface area (Å²) in [4.78, 5) is 31.0. The lowest BCUT2D eigenvalue weighted by molar-refractivity contribution is -0.123. The van der Waals surface area contributed by atoms with Crippen LogP contribution in [0.5, 0.6) is 0 Å². The largest absolute Gasteiger partial charge is 0.299 e. The normalized spacial score (nSPS) is 9.55. The van der Waals surface area contributed by atoms with E-state index in [2.05, 4.69) is 0 Å². The highest BCUT2D eigenvalue weighted by molar-refractivity contribution is 5.76. The molecule has 7 nitrogen and oxygen atoms in total. The molecular formula is C15H22N4O3. The van der Waals surface area contributed by atoms with E-state index in [4.69, 9.17) is 11.7 Å². The zero-order valence-corrected chi connectivity index (χ0v) is 12.3. The van der Waals surface area contributed by atoms with Crippen molar-refractivity contribution in [1.82, 2.24) is 10.9 Å². The molecule has 0 saturated carbocycles. The third kappa shape index (κ3) is 11.3. The maximum Gasteiger partial charge on any atom is 0.233 e. The number of allylic oxidation sites excluding steroid dienone is 1. The van der Waals surface area contributed by atoms with E-state index in [-0.39, 0.29) is 11.8 Å². The van der Waals surface area contributed by atoms with Crippen LogP contribution in [0.25, 0.3) is 6.08 Å². The Hall–Kier alpha value is -2.51. The molecule has 1 rings (SSSR count). The van der Waals surface area contributed by atoms with Gasteiger partial charge in [-0.3, -0.25) is 25.2 Å². The summed E-state index contributed by atoms with van der Waals surface area (Å²) in [6.07, 6.45) is 5.98. The fourth-order valence-electron chi connectivity index (χ4n) is 1.43. The monoisotopic (exact) mass is 306 g/mol.